The highest BCUT2D eigenvalue weighted by atomic mass is 32.1. The average molecular weight is 392 g/mol. The summed E-state index contributed by atoms with van der Waals surface area (Å²) in [7, 11) is 0. The molecule has 0 atom stereocenters. The van der Waals surface area contributed by atoms with E-state index in [9.17, 15) is 4.79 Å². The number of likely N-dealkylation sites (tertiary alicyclic amines) is 1. The molecule has 0 radical (unpaired) electrons. The second-order valence-electron chi connectivity index (χ2n) is 7.31. The maximum Gasteiger partial charge on any atom is 0.263 e. The van der Waals surface area contributed by atoms with E-state index in [4.69, 9.17) is 0 Å². The van der Waals surface area contributed by atoms with E-state index in [0.717, 1.165) is 53.6 Å². The number of aryl methyl sites for hydroxylation is 1. The van der Waals surface area contributed by atoms with Gasteiger partial charge in [0.25, 0.3) is 5.91 Å². The Labute approximate surface area is 170 Å². The van der Waals surface area contributed by atoms with E-state index in [-0.39, 0.29) is 11.9 Å². The van der Waals surface area contributed by atoms with Crippen LogP contribution in [0.25, 0.3) is 10.6 Å². The van der Waals surface area contributed by atoms with Gasteiger partial charge in [-0.05, 0) is 25.3 Å². The molecule has 4 rings (SSSR count). The van der Waals surface area contributed by atoms with Crippen LogP contribution in [0.5, 0.6) is 0 Å². The van der Waals surface area contributed by atoms with Gasteiger partial charge in [-0.1, -0.05) is 60.7 Å². The summed E-state index contributed by atoms with van der Waals surface area (Å²) in [4.78, 5) is 20.6. The molecule has 1 aliphatic rings. The van der Waals surface area contributed by atoms with E-state index < -0.39 is 0 Å². The zero-order valence-electron chi connectivity index (χ0n) is 16.1. The summed E-state index contributed by atoms with van der Waals surface area (Å²) < 4.78 is 0. The minimum atomic E-state index is 0.0127. The predicted molar refractivity (Wildman–Crippen MR) is 114 cm³/mol. The highest BCUT2D eigenvalue weighted by Gasteiger charge is 2.23. The van der Waals surface area contributed by atoms with Crippen molar-refractivity contribution in [2.24, 2.45) is 0 Å². The summed E-state index contributed by atoms with van der Waals surface area (Å²) in [6, 6.07) is 20.8. The lowest BCUT2D eigenvalue weighted by atomic mass is 10.0. The van der Waals surface area contributed by atoms with Gasteiger partial charge in [0.2, 0.25) is 0 Å². The number of nitrogens with one attached hydrogen (secondary N) is 1. The number of piperidine rings is 1. The molecule has 0 spiro atoms. The number of hydrogen-bond acceptors (Lipinski definition) is 4. The van der Waals surface area contributed by atoms with Crippen molar-refractivity contribution in [2.45, 2.75) is 32.4 Å². The van der Waals surface area contributed by atoms with Gasteiger partial charge in [-0.2, -0.15) is 0 Å². The minimum absolute atomic E-state index is 0.0127. The maximum atomic E-state index is 12.8. The third-order valence-corrected chi connectivity index (χ3v) is 6.40. The first-order valence-electron chi connectivity index (χ1n) is 9.79. The lowest BCUT2D eigenvalue weighted by molar-refractivity contribution is 0.0912. The molecular formula is C23H25N3OS. The number of hydrogen-bond donors (Lipinski definition) is 1. The van der Waals surface area contributed by atoms with Crippen molar-refractivity contribution in [3.63, 3.8) is 0 Å². The molecule has 0 aliphatic carbocycles. The Hall–Kier alpha value is -2.50. The van der Waals surface area contributed by atoms with Gasteiger partial charge in [0.05, 0.1) is 5.69 Å². The molecule has 1 saturated heterocycles. The largest absolute Gasteiger partial charge is 0.348 e. The van der Waals surface area contributed by atoms with Crippen LogP contribution < -0.4 is 5.32 Å². The van der Waals surface area contributed by atoms with Gasteiger partial charge in [0.1, 0.15) is 9.88 Å². The van der Waals surface area contributed by atoms with Gasteiger partial charge < -0.3 is 5.32 Å². The molecule has 28 heavy (non-hydrogen) atoms. The van der Waals surface area contributed by atoms with E-state index >= 15 is 0 Å². The smallest absolute Gasteiger partial charge is 0.263 e. The fourth-order valence-corrected chi connectivity index (χ4v) is 4.61. The monoisotopic (exact) mass is 391 g/mol. The Morgan fingerprint density at radius 2 is 1.71 bits per heavy atom. The van der Waals surface area contributed by atoms with Crippen LogP contribution in [0.15, 0.2) is 60.7 Å². The summed E-state index contributed by atoms with van der Waals surface area (Å²) in [5, 5.41) is 4.13. The quantitative estimate of drug-likeness (QED) is 0.696. The number of thiazole rings is 1. The Morgan fingerprint density at radius 3 is 2.39 bits per heavy atom. The van der Waals surface area contributed by atoms with Crippen molar-refractivity contribution in [3.05, 3.63) is 76.8 Å². The molecule has 1 aromatic heterocycles. The second-order valence-corrected chi connectivity index (χ2v) is 8.31. The third-order valence-electron chi connectivity index (χ3n) is 5.20. The van der Waals surface area contributed by atoms with Crippen molar-refractivity contribution in [2.75, 3.05) is 13.1 Å². The van der Waals surface area contributed by atoms with Crippen molar-refractivity contribution in [1.82, 2.24) is 15.2 Å². The molecule has 5 heteroatoms. The Balaban J connectivity index is 1.33. The normalized spacial score (nSPS) is 15.5. The Bertz CT molecular complexity index is 916. The lowest BCUT2D eigenvalue weighted by Crippen LogP contribution is -2.44. The van der Waals surface area contributed by atoms with Gasteiger partial charge in [-0.15, -0.1) is 11.3 Å². The third kappa shape index (κ3) is 4.49. The molecule has 4 nitrogen and oxygen atoms in total. The van der Waals surface area contributed by atoms with Gasteiger partial charge in [0.15, 0.2) is 0 Å². The predicted octanol–water partition coefficient (Wildman–Crippen LogP) is 4.51. The molecule has 2 aromatic carbocycles. The summed E-state index contributed by atoms with van der Waals surface area (Å²) in [5.74, 6) is 0.0127. The van der Waals surface area contributed by atoms with Crippen LogP contribution in [0.3, 0.4) is 0 Å². The highest BCUT2D eigenvalue weighted by molar-refractivity contribution is 7.17. The fraction of sp³-hybridized carbons (Fsp3) is 0.304. The molecule has 1 fully saturated rings. The van der Waals surface area contributed by atoms with Crippen LogP contribution in [0.1, 0.15) is 33.8 Å². The SMILES string of the molecule is Cc1nc(-c2ccccc2)sc1C(=O)NC1CCN(Cc2ccccc2)CC1. The Kier molecular flexibility index (Phi) is 5.84. The molecule has 2 heterocycles. The number of amides is 1. The number of carbonyl (C=O) groups excluding carboxylic acids is 1. The molecule has 0 unspecified atom stereocenters. The standard InChI is InChI=1S/C23H25N3OS/c1-17-21(28-23(24-17)19-10-6-3-7-11-19)22(27)25-20-12-14-26(15-13-20)16-18-8-4-2-5-9-18/h2-11,20H,12-16H2,1H3,(H,25,27). The molecule has 1 aliphatic heterocycles. The van der Waals surface area contributed by atoms with Crippen molar-refractivity contribution >= 4 is 17.2 Å². The van der Waals surface area contributed by atoms with Crippen LogP contribution in [-0.2, 0) is 6.54 Å². The summed E-state index contributed by atoms with van der Waals surface area (Å²) in [6.07, 6.45) is 1.98. The molecule has 0 saturated carbocycles. The molecule has 1 amide bonds. The fourth-order valence-electron chi connectivity index (χ4n) is 3.64. The number of carbonyl (C=O) groups is 1. The van der Waals surface area contributed by atoms with Crippen LogP contribution in [0, 0.1) is 6.92 Å². The van der Waals surface area contributed by atoms with E-state index in [1.807, 2.05) is 37.3 Å². The van der Waals surface area contributed by atoms with Gasteiger partial charge in [0, 0.05) is 31.2 Å². The van der Waals surface area contributed by atoms with Crippen molar-refractivity contribution in [1.29, 1.82) is 0 Å². The zero-order chi connectivity index (χ0) is 19.3. The first-order chi connectivity index (χ1) is 13.7. The number of benzene rings is 2. The molecule has 1 N–H and O–H groups in total. The molecule has 144 valence electrons. The van der Waals surface area contributed by atoms with Crippen LogP contribution in [0.4, 0.5) is 0 Å². The van der Waals surface area contributed by atoms with Gasteiger partial charge in [-0.25, -0.2) is 4.98 Å². The minimum Gasteiger partial charge on any atom is -0.348 e. The maximum absolute atomic E-state index is 12.8. The molecule has 0 bridgehead atoms. The van der Waals surface area contributed by atoms with Crippen LogP contribution in [-0.4, -0.2) is 34.9 Å². The van der Waals surface area contributed by atoms with E-state index in [1.54, 1.807) is 0 Å². The van der Waals surface area contributed by atoms with Crippen LogP contribution >= 0.6 is 11.3 Å². The first kappa shape index (κ1) is 18.8. The highest BCUT2D eigenvalue weighted by Crippen LogP contribution is 2.28. The van der Waals surface area contributed by atoms with E-state index in [2.05, 4.69) is 45.5 Å². The number of nitrogens with zero attached hydrogens (tertiary/aromatic N) is 2. The van der Waals surface area contributed by atoms with Crippen LogP contribution in [0.2, 0.25) is 0 Å². The van der Waals surface area contributed by atoms with Gasteiger partial charge >= 0.3 is 0 Å². The molecule has 3 aromatic rings. The van der Waals surface area contributed by atoms with Crippen molar-refractivity contribution in [3.8, 4) is 10.6 Å². The van der Waals surface area contributed by atoms with E-state index in [1.165, 1.54) is 16.9 Å². The second kappa shape index (κ2) is 8.67. The van der Waals surface area contributed by atoms with E-state index in [0.29, 0.717) is 0 Å². The molecular weight excluding hydrogens is 366 g/mol. The Morgan fingerprint density at radius 1 is 1.07 bits per heavy atom. The number of aromatic nitrogens is 1. The zero-order valence-corrected chi connectivity index (χ0v) is 16.9. The summed E-state index contributed by atoms with van der Waals surface area (Å²) >= 11 is 1.48. The summed E-state index contributed by atoms with van der Waals surface area (Å²) in [6.45, 7) is 4.92. The topological polar surface area (TPSA) is 45.2 Å². The first-order valence-corrected chi connectivity index (χ1v) is 10.6. The number of rotatable bonds is 5. The lowest BCUT2D eigenvalue weighted by Gasteiger charge is -2.32. The summed E-state index contributed by atoms with van der Waals surface area (Å²) in [5.41, 5.74) is 3.21. The average Bonchev–Trinajstić information content (AvgIpc) is 3.13. The van der Waals surface area contributed by atoms with Gasteiger partial charge in [-0.3, -0.25) is 9.69 Å². The van der Waals surface area contributed by atoms with Crippen molar-refractivity contribution < 1.29 is 4.79 Å².